The van der Waals surface area contributed by atoms with Gasteiger partial charge in [-0.05, 0) is 25.2 Å². The smallest absolute Gasteiger partial charge is 0.306 e. The minimum atomic E-state index is -0.760. The number of ether oxygens (including phenoxy) is 3. The van der Waals surface area contributed by atoms with E-state index in [0.29, 0.717) is 19.3 Å². The van der Waals surface area contributed by atoms with E-state index in [0.717, 1.165) is 63.7 Å². The summed E-state index contributed by atoms with van der Waals surface area (Å²) < 4.78 is 16.8. The van der Waals surface area contributed by atoms with Crippen LogP contribution in [0.2, 0.25) is 0 Å². The van der Waals surface area contributed by atoms with Crippen molar-refractivity contribution in [1.29, 1.82) is 0 Å². The van der Waals surface area contributed by atoms with Crippen LogP contribution in [-0.4, -0.2) is 37.2 Å². The Labute approximate surface area is 393 Å². The van der Waals surface area contributed by atoms with Crippen molar-refractivity contribution >= 4 is 17.9 Å². The van der Waals surface area contributed by atoms with Crippen LogP contribution in [0.25, 0.3) is 0 Å². The van der Waals surface area contributed by atoms with Crippen molar-refractivity contribution in [2.75, 3.05) is 13.2 Å². The number of esters is 3. The van der Waals surface area contributed by atoms with E-state index in [1.165, 1.54) is 218 Å². The highest BCUT2D eigenvalue weighted by Gasteiger charge is 2.19. The zero-order valence-electron chi connectivity index (χ0n) is 43.0. The Bertz CT molecular complexity index is 949. The predicted molar refractivity (Wildman–Crippen MR) is 270 cm³/mol. The summed E-state index contributed by atoms with van der Waals surface area (Å²) in [6, 6.07) is 0. The van der Waals surface area contributed by atoms with Gasteiger partial charge in [0, 0.05) is 19.3 Å². The lowest BCUT2D eigenvalue weighted by molar-refractivity contribution is -0.167. The highest BCUT2D eigenvalue weighted by Crippen LogP contribution is 2.18. The van der Waals surface area contributed by atoms with Crippen molar-refractivity contribution in [2.24, 2.45) is 5.92 Å². The number of carbonyl (C=O) groups excluding carboxylic acids is 3. The molecule has 0 rings (SSSR count). The Morgan fingerprint density at radius 3 is 0.778 bits per heavy atom. The van der Waals surface area contributed by atoms with E-state index in [1.807, 2.05) is 0 Å². The van der Waals surface area contributed by atoms with Crippen LogP contribution in [0.5, 0.6) is 0 Å². The fourth-order valence-corrected chi connectivity index (χ4v) is 8.75. The SMILES string of the molecule is CCCCCCCCCCCCCCCCCC(=O)OC[C@H](COC(=O)CCCCCCCCCCC)OC(=O)CCCCCCCCCCCCCCCCCCCCC(C)C. The van der Waals surface area contributed by atoms with Gasteiger partial charge in [-0.25, -0.2) is 0 Å². The standard InChI is InChI=1S/C57H110O6/c1-5-7-9-11-13-15-16-17-22-26-29-33-37-41-45-49-56(59)62-52-54(51-61-55(58)48-44-40-36-31-14-12-10-8-6-2)63-57(60)50-46-42-38-34-30-27-24-21-19-18-20-23-25-28-32-35-39-43-47-53(3)4/h53-54H,5-52H2,1-4H3/t54-/m0/s1. The van der Waals surface area contributed by atoms with Crippen LogP contribution >= 0.6 is 0 Å². The normalized spacial score (nSPS) is 12.0. The summed E-state index contributed by atoms with van der Waals surface area (Å²) >= 11 is 0. The second kappa shape index (κ2) is 51.4. The van der Waals surface area contributed by atoms with Gasteiger partial charge in [0.15, 0.2) is 6.10 Å². The van der Waals surface area contributed by atoms with Crippen molar-refractivity contribution in [1.82, 2.24) is 0 Å². The topological polar surface area (TPSA) is 78.9 Å². The van der Waals surface area contributed by atoms with Gasteiger partial charge in [-0.1, -0.05) is 285 Å². The van der Waals surface area contributed by atoms with Crippen LogP contribution in [-0.2, 0) is 28.6 Å². The molecule has 0 fully saturated rings. The molecule has 374 valence electrons. The molecule has 0 N–H and O–H groups in total. The first kappa shape index (κ1) is 61.4. The minimum Gasteiger partial charge on any atom is -0.462 e. The third-order valence-electron chi connectivity index (χ3n) is 13.0. The van der Waals surface area contributed by atoms with Crippen LogP contribution < -0.4 is 0 Å². The molecule has 0 amide bonds. The first-order valence-electron chi connectivity index (χ1n) is 28.4. The molecule has 0 radical (unpaired) electrons. The Morgan fingerprint density at radius 1 is 0.302 bits per heavy atom. The first-order chi connectivity index (χ1) is 30.9. The number of hydrogen-bond acceptors (Lipinski definition) is 6. The lowest BCUT2D eigenvalue weighted by atomic mass is 10.0. The molecule has 0 aromatic heterocycles. The molecule has 0 unspecified atom stereocenters. The Kier molecular flexibility index (Phi) is 50.1. The van der Waals surface area contributed by atoms with Crippen LogP contribution in [0.15, 0.2) is 0 Å². The van der Waals surface area contributed by atoms with Crippen molar-refractivity contribution in [2.45, 2.75) is 329 Å². The number of unbranched alkanes of at least 4 members (excludes halogenated alkanes) is 39. The second-order valence-corrected chi connectivity index (χ2v) is 20.1. The second-order valence-electron chi connectivity index (χ2n) is 20.1. The van der Waals surface area contributed by atoms with Crippen molar-refractivity contribution < 1.29 is 28.6 Å². The van der Waals surface area contributed by atoms with Gasteiger partial charge in [0.25, 0.3) is 0 Å². The molecule has 0 aliphatic heterocycles. The van der Waals surface area contributed by atoms with Gasteiger partial charge < -0.3 is 14.2 Å². The monoisotopic (exact) mass is 891 g/mol. The van der Waals surface area contributed by atoms with Crippen molar-refractivity contribution in [3.05, 3.63) is 0 Å². The lowest BCUT2D eigenvalue weighted by Gasteiger charge is -2.18. The minimum absolute atomic E-state index is 0.0621. The van der Waals surface area contributed by atoms with E-state index in [-0.39, 0.29) is 31.1 Å². The van der Waals surface area contributed by atoms with Crippen molar-refractivity contribution in [3.8, 4) is 0 Å². The fourth-order valence-electron chi connectivity index (χ4n) is 8.75. The van der Waals surface area contributed by atoms with Gasteiger partial charge in [0.05, 0.1) is 0 Å². The highest BCUT2D eigenvalue weighted by molar-refractivity contribution is 5.71. The third kappa shape index (κ3) is 51.3. The maximum absolute atomic E-state index is 12.8. The summed E-state index contributed by atoms with van der Waals surface area (Å²) in [6.45, 7) is 9.05. The summed E-state index contributed by atoms with van der Waals surface area (Å²) in [5.74, 6) is 0.0182. The summed E-state index contributed by atoms with van der Waals surface area (Å²) in [7, 11) is 0. The quantitative estimate of drug-likeness (QED) is 0.0344. The molecule has 63 heavy (non-hydrogen) atoms. The molecule has 0 aliphatic carbocycles. The lowest BCUT2D eigenvalue weighted by Crippen LogP contribution is -2.30. The van der Waals surface area contributed by atoms with Crippen LogP contribution in [0.4, 0.5) is 0 Å². The maximum atomic E-state index is 12.8. The third-order valence-corrected chi connectivity index (χ3v) is 13.0. The molecule has 0 saturated carbocycles. The van der Waals surface area contributed by atoms with Crippen molar-refractivity contribution in [3.63, 3.8) is 0 Å². The average Bonchev–Trinajstić information content (AvgIpc) is 3.27. The summed E-state index contributed by atoms with van der Waals surface area (Å²) in [6.07, 6.45) is 55.3. The molecule has 6 nitrogen and oxygen atoms in total. The summed E-state index contributed by atoms with van der Waals surface area (Å²) in [5, 5.41) is 0. The Morgan fingerprint density at radius 2 is 0.524 bits per heavy atom. The maximum Gasteiger partial charge on any atom is 0.306 e. The van der Waals surface area contributed by atoms with Gasteiger partial charge in [0.2, 0.25) is 0 Å². The predicted octanol–water partition coefficient (Wildman–Crippen LogP) is 18.6. The largest absolute Gasteiger partial charge is 0.462 e. The molecule has 0 aliphatic rings. The van der Waals surface area contributed by atoms with Gasteiger partial charge in [0.1, 0.15) is 13.2 Å². The molecule has 0 heterocycles. The molecule has 6 heteroatoms. The first-order valence-corrected chi connectivity index (χ1v) is 28.4. The van der Waals surface area contributed by atoms with Gasteiger partial charge >= 0.3 is 17.9 Å². The molecule has 0 bridgehead atoms. The number of hydrogen-bond donors (Lipinski definition) is 0. The van der Waals surface area contributed by atoms with Crippen LogP contribution in [0.1, 0.15) is 323 Å². The number of carbonyl (C=O) groups is 3. The molecule has 0 aromatic rings. The van der Waals surface area contributed by atoms with Gasteiger partial charge in [-0.2, -0.15) is 0 Å². The molecule has 0 spiro atoms. The zero-order valence-corrected chi connectivity index (χ0v) is 43.0. The number of rotatable bonds is 52. The van der Waals surface area contributed by atoms with Gasteiger partial charge in [-0.3, -0.25) is 14.4 Å². The van der Waals surface area contributed by atoms with Crippen LogP contribution in [0, 0.1) is 5.92 Å². The summed E-state index contributed by atoms with van der Waals surface area (Å²) in [4.78, 5) is 38.0. The molecule has 0 saturated heterocycles. The van der Waals surface area contributed by atoms with Crippen LogP contribution in [0.3, 0.4) is 0 Å². The van der Waals surface area contributed by atoms with E-state index >= 15 is 0 Å². The average molecular weight is 892 g/mol. The fraction of sp³-hybridized carbons (Fsp3) is 0.947. The molecule has 0 aromatic carbocycles. The van der Waals surface area contributed by atoms with E-state index in [2.05, 4.69) is 27.7 Å². The van der Waals surface area contributed by atoms with Gasteiger partial charge in [-0.15, -0.1) is 0 Å². The van der Waals surface area contributed by atoms with E-state index in [9.17, 15) is 14.4 Å². The highest BCUT2D eigenvalue weighted by atomic mass is 16.6. The molecular formula is C57H110O6. The zero-order chi connectivity index (χ0) is 45.9. The van der Waals surface area contributed by atoms with E-state index in [4.69, 9.17) is 14.2 Å². The molecule has 1 atom stereocenters. The van der Waals surface area contributed by atoms with E-state index < -0.39 is 6.10 Å². The Hall–Kier alpha value is -1.59. The summed E-state index contributed by atoms with van der Waals surface area (Å²) in [5.41, 5.74) is 0. The Balaban J connectivity index is 4.19. The molecular weight excluding hydrogens is 781 g/mol. The van der Waals surface area contributed by atoms with E-state index in [1.54, 1.807) is 0 Å².